The molecule has 0 bridgehead atoms. The second-order valence-corrected chi connectivity index (χ2v) is 6.40. The molecule has 0 spiro atoms. The molecule has 0 aliphatic rings. The number of hydrogen-bond donors (Lipinski definition) is 1. The van der Waals surface area contributed by atoms with Crippen molar-refractivity contribution in [3.05, 3.63) is 77.9 Å². The van der Waals surface area contributed by atoms with E-state index < -0.39 is 0 Å². The molecule has 0 saturated carbocycles. The van der Waals surface area contributed by atoms with Gasteiger partial charge in [0, 0.05) is 11.4 Å². The van der Waals surface area contributed by atoms with E-state index in [1.54, 1.807) is 23.9 Å². The highest BCUT2D eigenvalue weighted by atomic mass is 32.2. The Labute approximate surface area is 145 Å². The quantitative estimate of drug-likeness (QED) is 0.744. The molecule has 3 aromatic carbocycles. The smallest absolute Gasteiger partial charge is 0.234 e. The summed E-state index contributed by atoms with van der Waals surface area (Å²) in [5, 5.41) is 14.0. The largest absolute Gasteiger partial charge is 0.325 e. The molecule has 3 aromatic rings. The van der Waals surface area contributed by atoms with Crippen LogP contribution in [-0.2, 0) is 10.5 Å². The summed E-state index contributed by atoms with van der Waals surface area (Å²) in [5.74, 6) is 1.13. The fourth-order valence-corrected chi connectivity index (χ4v) is 3.19. The van der Waals surface area contributed by atoms with Gasteiger partial charge in [0.25, 0.3) is 0 Å². The zero-order chi connectivity index (χ0) is 16.8. The van der Waals surface area contributed by atoms with Gasteiger partial charge in [0.05, 0.1) is 17.4 Å². The lowest BCUT2D eigenvalue weighted by atomic mass is 10.1. The number of rotatable bonds is 5. The van der Waals surface area contributed by atoms with Gasteiger partial charge in [-0.05, 0) is 40.6 Å². The van der Waals surface area contributed by atoms with Crippen LogP contribution in [0.3, 0.4) is 0 Å². The van der Waals surface area contributed by atoms with Crippen LogP contribution in [0, 0.1) is 11.3 Å². The van der Waals surface area contributed by atoms with Crippen LogP contribution in [0.5, 0.6) is 0 Å². The van der Waals surface area contributed by atoms with E-state index in [9.17, 15) is 4.79 Å². The maximum Gasteiger partial charge on any atom is 0.234 e. The molecule has 3 nitrogen and oxygen atoms in total. The predicted molar refractivity (Wildman–Crippen MR) is 99.9 cm³/mol. The minimum absolute atomic E-state index is 0.0103. The van der Waals surface area contributed by atoms with E-state index in [-0.39, 0.29) is 5.91 Å². The monoisotopic (exact) mass is 332 g/mol. The van der Waals surface area contributed by atoms with Gasteiger partial charge < -0.3 is 5.32 Å². The number of fused-ring (bicyclic) bond motifs is 1. The lowest BCUT2D eigenvalue weighted by Crippen LogP contribution is -2.14. The molecule has 0 heterocycles. The Hall–Kier alpha value is -2.77. The van der Waals surface area contributed by atoms with E-state index in [0.29, 0.717) is 11.3 Å². The second-order valence-electron chi connectivity index (χ2n) is 5.41. The topological polar surface area (TPSA) is 52.9 Å². The van der Waals surface area contributed by atoms with Gasteiger partial charge in [-0.25, -0.2) is 0 Å². The molecular formula is C20H16N2OS. The van der Waals surface area contributed by atoms with Crippen molar-refractivity contribution in [1.82, 2.24) is 0 Å². The standard InChI is InChI=1S/C20H16N2OS/c21-12-15-5-7-16(8-6-15)13-24-14-20(23)22-19-10-9-17-3-1-2-4-18(17)11-19/h1-11H,13-14H2,(H,22,23). The third kappa shape index (κ3) is 4.15. The van der Waals surface area contributed by atoms with E-state index in [0.717, 1.165) is 27.8 Å². The van der Waals surface area contributed by atoms with Crippen LogP contribution in [0.15, 0.2) is 66.7 Å². The number of anilines is 1. The molecule has 0 radical (unpaired) electrons. The van der Waals surface area contributed by atoms with E-state index >= 15 is 0 Å². The van der Waals surface area contributed by atoms with Crippen LogP contribution in [0.1, 0.15) is 11.1 Å². The molecule has 0 atom stereocenters. The van der Waals surface area contributed by atoms with Crippen LogP contribution >= 0.6 is 11.8 Å². The number of hydrogen-bond acceptors (Lipinski definition) is 3. The van der Waals surface area contributed by atoms with Crippen molar-refractivity contribution >= 4 is 34.1 Å². The maximum absolute atomic E-state index is 12.1. The fourth-order valence-electron chi connectivity index (χ4n) is 2.40. The summed E-state index contributed by atoms with van der Waals surface area (Å²) in [4.78, 5) is 12.1. The third-order valence-electron chi connectivity index (χ3n) is 3.62. The van der Waals surface area contributed by atoms with Crippen LogP contribution in [0.25, 0.3) is 10.8 Å². The molecular weight excluding hydrogens is 316 g/mol. The third-order valence-corrected chi connectivity index (χ3v) is 4.62. The molecule has 0 unspecified atom stereocenters. The Bertz CT molecular complexity index is 897. The normalized spacial score (nSPS) is 10.3. The lowest BCUT2D eigenvalue weighted by molar-refractivity contribution is -0.113. The Morgan fingerprint density at radius 3 is 2.50 bits per heavy atom. The van der Waals surface area contributed by atoms with E-state index in [2.05, 4.69) is 11.4 Å². The van der Waals surface area contributed by atoms with Crippen molar-refractivity contribution in [2.24, 2.45) is 0 Å². The molecule has 118 valence electrons. The second kappa shape index (κ2) is 7.67. The molecule has 0 aliphatic carbocycles. The SMILES string of the molecule is N#Cc1ccc(CSCC(=O)Nc2ccc3ccccc3c2)cc1. The van der Waals surface area contributed by atoms with Crippen LogP contribution in [0.4, 0.5) is 5.69 Å². The highest BCUT2D eigenvalue weighted by Crippen LogP contribution is 2.19. The van der Waals surface area contributed by atoms with Crippen molar-refractivity contribution in [2.75, 3.05) is 11.1 Å². The number of carbonyl (C=O) groups excluding carboxylic acids is 1. The summed E-state index contributed by atoms with van der Waals surface area (Å²) in [5.41, 5.74) is 2.58. The number of carbonyl (C=O) groups is 1. The van der Waals surface area contributed by atoms with Crippen molar-refractivity contribution in [3.8, 4) is 6.07 Å². The average molecular weight is 332 g/mol. The number of nitrogens with one attached hydrogen (secondary N) is 1. The molecule has 1 N–H and O–H groups in total. The highest BCUT2D eigenvalue weighted by molar-refractivity contribution is 7.99. The van der Waals surface area contributed by atoms with Crippen molar-refractivity contribution < 1.29 is 4.79 Å². The van der Waals surface area contributed by atoms with Gasteiger partial charge in [0.15, 0.2) is 0 Å². The number of nitrogens with zero attached hydrogens (tertiary/aromatic N) is 1. The van der Waals surface area contributed by atoms with Gasteiger partial charge in [-0.1, -0.05) is 42.5 Å². The summed E-state index contributed by atoms with van der Waals surface area (Å²) < 4.78 is 0. The average Bonchev–Trinajstić information content (AvgIpc) is 2.62. The van der Waals surface area contributed by atoms with Gasteiger partial charge in [0.1, 0.15) is 0 Å². The van der Waals surface area contributed by atoms with Gasteiger partial charge in [-0.3, -0.25) is 4.79 Å². The van der Waals surface area contributed by atoms with Crippen molar-refractivity contribution in [1.29, 1.82) is 5.26 Å². The maximum atomic E-state index is 12.1. The molecule has 0 aliphatic heterocycles. The van der Waals surface area contributed by atoms with E-state index in [4.69, 9.17) is 5.26 Å². The molecule has 4 heteroatoms. The summed E-state index contributed by atoms with van der Waals surface area (Å²) >= 11 is 1.56. The Balaban J connectivity index is 1.52. The molecule has 24 heavy (non-hydrogen) atoms. The van der Waals surface area contributed by atoms with E-state index in [1.807, 2.05) is 54.6 Å². The molecule has 1 amide bonds. The number of amides is 1. The van der Waals surface area contributed by atoms with Gasteiger partial charge >= 0.3 is 0 Å². The van der Waals surface area contributed by atoms with Crippen molar-refractivity contribution in [2.45, 2.75) is 5.75 Å². The van der Waals surface area contributed by atoms with Crippen LogP contribution in [0.2, 0.25) is 0 Å². The minimum atomic E-state index is -0.0103. The molecule has 0 fully saturated rings. The minimum Gasteiger partial charge on any atom is -0.325 e. The predicted octanol–water partition coefficient (Wildman–Crippen LogP) is 4.58. The lowest BCUT2D eigenvalue weighted by Gasteiger charge is -2.07. The molecule has 0 aromatic heterocycles. The molecule has 0 saturated heterocycles. The van der Waals surface area contributed by atoms with E-state index in [1.165, 1.54) is 0 Å². The Morgan fingerprint density at radius 1 is 1.00 bits per heavy atom. The number of nitriles is 1. The fraction of sp³-hybridized carbons (Fsp3) is 0.100. The first-order chi connectivity index (χ1) is 11.7. The number of thioether (sulfide) groups is 1. The van der Waals surface area contributed by atoms with Crippen molar-refractivity contribution in [3.63, 3.8) is 0 Å². The zero-order valence-corrected chi connectivity index (χ0v) is 13.8. The van der Waals surface area contributed by atoms with Gasteiger partial charge in [-0.2, -0.15) is 5.26 Å². The Kier molecular flexibility index (Phi) is 5.15. The zero-order valence-electron chi connectivity index (χ0n) is 13.0. The highest BCUT2D eigenvalue weighted by Gasteiger charge is 2.04. The van der Waals surface area contributed by atoms with Crippen LogP contribution < -0.4 is 5.32 Å². The van der Waals surface area contributed by atoms with Crippen LogP contribution in [-0.4, -0.2) is 11.7 Å². The first kappa shape index (κ1) is 16.1. The summed E-state index contributed by atoms with van der Waals surface area (Å²) in [6, 6.07) is 23.5. The summed E-state index contributed by atoms with van der Waals surface area (Å²) in [6.45, 7) is 0. The van der Waals surface area contributed by atoms with Gasteiger partial charge in [0.2, 0.25) is 5.91 Å². The summed E-state index contributed by atoms with van der Waals surface area (Å²) in [6.07, 6.45) is 0. The molecule has 3 rings (SSSR count). The number of benzene rings is 3. The summed E-state index contributed by atoms with van der Waals surface area (Å²) in [7, 11) is 0. The first-order valence-electron chi connectivity index (χ1n) is 7.60. The van der Waals surface area contributed by atoms with Gasteiger partial charge in [-0.15, -0.1) is 11.8 Å². The Morgan fingerprint density at radius 2 is 1.75 bits per heavy atom. The first-order valence-corrected chi connectivity index (χ1v) is 8.75.